The Morgan fingerprint density at radius 3 is 2.35 bits per heavy atom. The average Bonchev–Trinajstić information content (AvgIpc) is 2.75. The molecule has 1 heterocycles. The van der Waals surface area contributed by atoms with Gasteiger partial charge in [0, 0.05) is 32.4 Å². The van der Waals surface area contributed by atoms with E-state index >= 15 is 0 Å². The van der Waals surface area contributed by atoms with Gasteiger partial charge in [0.1, 0.15) is 0 Å². The number of aromatic nitrogens is 1. The molecule has 0 aliphatic rings. The van der Waals surface area contributed by atoms with Gasteiger partial charge in [0.25, 0.3) is 0 Å². The first kappa shape index (κ1) is 22.2. The number of rotatable bonds is 8. The smallest absolute Gasteiger partial charge is 0.225 e. The maximum absolute atomic E-state index is 13.4. The third kappa shape index (κ3) is 6.51. The molecule has 1 aromatic heterocycles. The summed E-state index contributed by atoms with van der Waals surface area (Å²) in [5.41, 5.74) is 5.27. The van der Waals surface area contributed by atoms with E-state index in [-0.39, 0.29) is 24.3 Å². The quantitative estimate of drug-likeness (QED) is 0.589. The molecular weight excluding hydrogens is 386 g/mol. The zero-order valence-electron chi connectivity index (χ0n) is 18.3. The van der Waals surface area contributed by atoms with Gasteiger partial charge in [0.2, 0.25) is 11.8 Å². The largest absolute Gasteiger partial charge is 0.349 e. The van der Waals surface area contributed by atoms with Crippen molar-refractivity contribution in [3.8, 4) is 0 Å². The molecule has 0 fully saturated rings. The second-order valence-electron chi connectivity index (χ2n) is 7.91. The lowest BCUT2D eigenvalue weighted by Gasteiger charge is -2.27. The fraction of sp³-hybridized carbons (Fsp3) is 0.269. The molecule has 1 atom stereocenters. The molecule has 0 saturated heterocycles. The maximum atomic E-state index is 13.4. The van der Waals surface area contributed by atoms with Crippen LogP contribution in [0.15, 0.2) is 73.1 Å². The third-order valence-electron chi connectivity index (χ3n) is 5.31. The van der Waals surface area contributed by atoms with Crippen LogP contribution in [0.25, 0.3) is 0 Å². The first-order valence-electron chi connectivity index (χ1n) is 10.5. The van der Waals surface area contributed by atoms with Gasteiger partial charge in [-0.2, -0.15) is 0 Å². The van der Waals surface area contributed by atoms with Crippen molar-refractivity contribution >= 4 is 11.8 Å². The minimum Gasteiger partial charge on any atom is -0.349 e. The molecule has 0 aliphatic heterocycles. The molecule has 5 nitrogen and oxygen atoms in total. The van der Waals surface area contributed by atoms with Gasteiger partial charge in [-0.25, -0.2) is 0 Å². The molecular formula is C26H29N3O2. The van der Waals surface area contributed by atoms with Crippen LogP contribution in [0.1, 0.15) is 47.2 Å². The number of pyridine rings is 1. The van der Waals surface area contributed by atoms with Crippen LogP contribution in [-0.2, 0) is 22.7 Å². The highest BCUT2D eigenvalue weighted by molar-refractivity contribution is 5.79. The summed E-state index contributed by atoms with van der Waals surface area (Å²) in [4.78, 5) is 31.3. The van der Waals surface area contributed by atoms with Gasteiger partial charge in [-0.3, -0.25) is 14.6 Å². The highest BCUT2D eigenvalue weighted by Gasteiger charge is 2.22. The number of aryl methyl sites for hydroxylation is 2. The number of carbonyl (C=O) groups is 2. The van der Waals surface area contributed by atoms with Crippen LogP contribution in [0.4, 0.5) is 0 Å². The van der Waals surface area contributed by atoms with Crippen molar-refractivity contribution in [3.05, 3.63) is 101 Å². The van der Waals surface area contributed by atoms with E-state index in [1.807, 2.05) is 66.4 Å². The van der Waals surface area contributed by atoms with Crippen LogP contribution in [0.2, 0.25) is 0 Å². The summed E-state index contributed by atoms with van der Waals surface area (Å²) in [5, 5.41) is 2.94. The summed E-state index contributed by atoms with van der Waals surface area (Å²) in [5.74, 6) is -0.178. The van der Waals surface area contributed by atoms with Crippen molar-refractivity contribution in [3.63, 3.8) is 0 Å². The lowest BCUT2D eigenvalue weighted by Crippen LogP contribution is -2.35. The Morgan fingerprint density at radius 1 is 0.968 bits per heavy atom. The molecule has 1 N–H and O–H groups in total. The Labute approximate surface area is 184 Å². The molecule has 0 saturated carbocycles. The molecule has 2 amide bonds. The molecule has 0 aliphatic carbocycles. The van der Waals surface area contributed by atoms with E-state index < -0.39 is 0 Å². The van der Waals surface area contributed by atoms with Crippen LogP contribution in [0, 0.1) is 13.8 Å². The monoisotopic (exact) mass is 415 g/mol. The van der Waals surface area contributed by atoms with Gasteiger partial charge in [0.05, 0.1) is 12.5 Å². The summed E-state index contributed by atoms with van der Waals surface area (Å²) in [6.45, 7) is 6.50. The van der Waals surface area contributed by atoms with Crippen molar-refractivity contribution in [1.82, 2.24) is 15.2 Å². The second kappa shape index (κ2) is 10.5. The van der Waals surface area contributed by atoms with E-state index in [1.165, 1.54) is 6.92 Å². The van der Waals surface area contributed by atoms with Crippen molar-refractivity contribution < 1.29 is 9.59 Å². The van der Waals surface area contributed by atoms with E-state index in [1.54, 1.807) is 12.4 Å². The lowest BCUT2D eigenvalue weighted by molar-refractivity contribution is -0.133. The van der Waals surface area contributed by atoms with Crippen molar-refractivity contribution in [2.75, 3.05) is 0 Å². The van der Waals surface area contributed by atoms with Gasteiger partial charge in [0.15, 0.2) is 0 Å². The van der Waals surface area contributed by atoms with E-state index in [0.717, 1.165) is 27.8 Å². The van der Waals surface area contributed by atoms with Gasteiger partial charge in [-0.15, -0.1) is 0 Å². The molecule has 31 heavy (non-hydrogen) atoms. The van der Waals surface area contributed by atoms with Crippen LogP contribution in [0.3, 0.4) is 0 Å². The number of nitrogens with zero attached hydrogens (tertiary/aromatic N) is 2. The fourth-order valence-electron chi connectivity index (χ4n) is 3.54. The SMILES string of the molecule is CC(=O)NC(CC(=O)N(Cc1cccnc1)Cc1ccccc1C)c1ccc(C)cc1. The predicted molar refractivity (Wildman–Crippen MR) is 122 cm³/mol. The summed E-state index contributed by atoms with van der Waals surface area (Å²) in [7, 11) is 0. The molecule has 1 unspecified atom stereocenters. The summed E-state index contributed by atoms with van der Waals surface area (Å²) in [6.07, 6.45) is 3.69. The van der Waals surface area contributed by atoms with Crippen LogP contribution >= 0.6 is 0 Å². The van der Waals surface area contributed by atoms with Crippen molar-refractivity contribution in [2.24, 2.45) is 0 Å². The zero-order valence-corrected chi connectivity index (χ0v) is 18.3. The van der Waals surface area contributed by atoms with Gasteiger partial charge < -0.3 is 10.2 Å². The van der Waals surface area contributed by atoms with Crippen LogP contribution in [-0.4, -0.2) is 21.7 Å². The standard InChI is InChI=1S/C26H29N3O2/c1-19-10-12-23(13-11-19)25(28-21(3)30)15-26(31)29(17-22-8-6-14-27-16-22)18-24-9-5-4-7-20(24)2/h4-14,16,25H,15,17-18H2,1-3H3,(H,28,30). The number of hydrogen-bond donors (Lipinski definition) is 1. The summed E-state index contributed by atoms with van der Waals surface area (Å²) >= 11 is 0. The number of carbonyl (C=O) groups excluding carboxylic acids is 2. The number of nitrogens with one attached hydrogen (secondary N) is 1. The number of hydrogen-bond acceptors (Lipinski definition) is 3. The summed E-state index contributed by atoms with van der Waals surface area (Å²) in [6, 6.07) is 19.5. The Kier molecular flexibility index (Phi) is 7.55. The first-order chi connectivity index (χ1) is 14.9. The zero-order chi connectivity index (χ0) is 22.2. The minimum absolute atomic E-state index is 0.0218. The third-order valence-corrected chi connectivity index (χ3v) is 5.31. The van der Waals surface area contributed by atoms with Gasteiger partial charge in [-0.1, -0.05) is 60.2 Å². The molecule has 3 aromatic rings. The molecule has 0 spiro atoms. The molecule has 3 rings (SSSR count). The van der Waals surface area contributed by atoms with Crippen LogP contribution in [0.5, 0.6) is 0 Å². The van der Waals surface area contributed by atoms with E-state index in [4.69, 9.17) is 0 Å². The molecule has 0 bridgehead atoms. The topological polar surface area (TPSA) is 62.3 Å². The maximum Gasteiger partial charge on any atom is 0.225 e. The molecule has 160 valence electrons. The Hall–Kier alpha value is -3.47. The second-order valence-corrected chi connectivity index (χ2v) is 7.91. The normalized spacial score (nSPS) is 11.6. The number of benzene rings is 2. The predicted octanol–water partition coefficient (Wildman–Crippen LogP) is 4.49. The highest BCUT2D eigenvalue weighted by atomic mass is 16.2. The first-order valence-corrected chi connectivity index (χ1v) is 10.5. The van der Waals surface area contributed by atoms with Gasteiger partial charge in [-0.05, 0) is 42.2 Å². The average molecular weight is 416 g/mol. The van der Waals surface area contributed by atoms with E-state index in [9.17, 15) is 9.59 Å². The van der Waals surface area contributed by atoms with Crippen molar-refractivity contribution in [2.45, 2.75) is 46.3 Å². The molecule has 5 heteroatoms. The summed E-state index contributed by atoms with van der Waals surface area (Å²) < 4.78 is 0. The van der Waals surface area contributed by atoms with E-state index in [0.29, 0.717) is 13.1 Å². The van der Waals surface area contributed by atoms with E-state index in [2.05, 4.69) is 23.3 Å². The lowest BCUT2D eigenvalue weighted by atomic mass is 10.0. The van der Waals surface area contributed by atoms with Crippen molar-refractivity contribution in [1.29, 1.82) is 0 Å². The Balaban J connectivity index is 1.85. The molecule has 0 radical (unpaired) electrons. The molecule has 2 aromatic carbocycles. The highest BCUT2D eigenvalue weighted by Crippen LogP contribution is 2.21. The number of amides is 2. The Bertz CT molecular complexity index is 1020. The minimum atomic E-state index is -0.376. The van der Waals surface area contributed by atoms with Gasteiger partial charge >= 0.3 is 0 Å². The van der Waals surface area contributed by atoms with Crippen LogP contribution < -0.4 is 5.32 Å². The fourth-order valence-corrected chi connectivity index (χ4v) is 3.54. The Morgan fingerprint density at radius 2 is 1.71 bits per heavy atom.